The van der Waals surface area contributed by atoms with Crippen LogP contribution >= 0.6 is 23.2 Å². The first kappa shape index (κ1) is 26.4. The van der Waals surface area contributed by atoms with E-state index in [9.17, 15) is 23.3 Å². The molecular formula is C26H20Cl2N4O4S. The second-order valence-electron chi connectivity index (χ2n) is 8.20. The Balaban J connectivity index is 1.94. The van der Waals surface area contributed by atoms with Crippen LogP contribution in [0.2, 0.25) is 10.0 Å². The molecule has 0 aromatic heterocycles. The van der Waals surface area contributed by atoms with E-state index in [1.165, 1.54) is 55.5 Å². The average molecular weight is 555 g/mol. The minimum Gasteiger partial charge on any atom is -0.399 e. The van der Waals surface area contributed by atoms with Crippen molar-refractivity contribution in [2.45, 2.75) is 23.9 Å². The number of sulfonamides is 1. The van der Waals surface area contributed by atoms with E-state index in [-0.39, 0.29) is 43.2 Å². The van der Waals surface area contributed by atoms with E-state index in [4.69, 9.17) is 28.9 Å². The Morgan fingerprint density at radius 2 is 1.65 bits per heavy atom. The van der Waals surface area contributed by atoms with E-state index >= 15 is 0 Å². The number of nitriles is 1. The average Bonchev–Trinajstić information content (AvgIpc) is 3.18. The molecule has 188 valence electrons. The van der Waals surface area contributed by atoms with Crippen molar-refractivity contribution in [2.75, 3.05) is 5.32 Å². The number of nitrogens with one attached hydrogen (secondary N) is 1. The zero-order chi connectivity index (χ0) is 26.9. The molecule has 0 saturated heterocycles. The molecule has 4 rings (SSSR count). The molecule has 0 spiro atoms. The fourth-order valence-corrected chi connectivity index (χ4v) is 6.32. The van der Waals surface area contributed by atoms with Crippen molar-refractivity contribution < 1.29 is 18.0 Å². The van der Waals surface area contributed by atoms with Crippen molar-refractivity contribution in [3.05, 3.63) is 105 Å². The molecule has 1 heterocycles. The maximum atomic E-state index is 14.1. The topological polar surface area (TPSA) is 133 Å². The summed E-state index contributed by atoms with van der Waals surface area (Å²) in [5.74, 6) is -0.931. The molecule has 0 aliphatic carbocycles. The van der Waals surface area contributed by atoms with Crippen LogP contribution in [0.3, 0.4) is 0 Å². The fourth-order valence-electron chi connectivity index (χ4n) is 4.20. The smallest absolute Gasteiger partial charge is 0.245 e. The van der Waals surface area contributed by atoms with E-state index in [1.54, 1.807) is 24.3 Å². The van der Waals surface area contributed by atoms with Crippen molar-refractivity contribution in [2.24, 2.45) is 5.73 Å². The van der Waals surface area contributed by atoms with Gasteiger partial charge in [0.25, 0.3) is 0 Å². The number of rotatable bonds is 6. The third kappa shape index (κ3) is 4.84. The molecule has 0 unspecified atom stereocenters. The van der Waals surface area contributed by atoms with Gasteiger partial charge >= 0.3 is 0 Å². The Kier molecular flexibility index (Phi) is 7.39. The number of halogens is 2. The van der Waals surface area contributed by atoms with Crippen LogP contribution in [0.25, 0.3) is 0 Å². The highest BCUT2D eigenvalue weighted by atomic mass is 35.5. The van der Waals surface area contributed by atoms with Gasteiger partial charge in [0.1, 0.15) is 6.04 Å². The molecule has 3 aromatic rings. The Morgan fingerprint density at radius 3 is 2.24 bits per heavy atom. The lowest BCUT2D eigenvalue weighted by Crippen LogP contribution is -2.45. The van der Waals surface area contributed by atoms with Gasteiger partial charge in [0, 0.05) is 18.2 Å². The first-order valence-electron chi connectivity index (χ1n) is 10.9. The molecule has 1 aliphatic heterocycles. The predicted octanol–water partition coefficient (Wildman–Crippen LogP) is 4.69. The largest absolute Gasteiger partial charge is 0.399 e. The Bertz CT molecular complexity index is 1570. The summed E-state index contributed by atoms with van der Waals surface area (Å²) in [6.45, 7) is 1.33. The molecule has 37 heavy (non-hydrogen) atoms. The minimum absolute atomic E-state index is 0.0312. The highest BCUT2D eigenvalue weighted by molar-refractivity contribution is 7.89. The van der Waals surface area contributed by atoms with Crippen molar-refractivity contribution >= 4 is 50.6 Å². The third-order valence-electron chi connectivity index (χ3n) is 5.84. The van der Waals surface area contributed by atoms with Crippen LogP contribution in [-0.2, 0) is 14.8 Å². The van der Waals surface area contributed by atoms with Crippen molar-refractivity contribution in [1.82, 2.24) is 4.31 Å². The molecule has 3 N–H and O–H groups in total. The van der Waals surface area contributed by atoms with Crippen LogP contribution in [-0.4, -0.2) is 30.5 Å². The quantitative estimate of drug-likeness (QED) is 0.424. The number of anilines is 1. The van der Waals surface area contributed by atoms with Crippen LogP contribution in [0, 0.1) is 11.3 Å². The number of hydrogen-bond acceptors (Lipinski definition) is 6. The third-order valence-corrected chi connectivity index (χ3v) is 8.52. The monoisotopic (exact) mass is 554 g/mol. The van der Waals surface area contributed by atoms with Gasteiger partial charge in [-0.25, -0.2) is 8.42 Å². The number of nitrogens with zero attached hydrogens (tertiary/aromatic N) is 2. The normalized spacial score (nSPS) is 17.9. The van der Waals surface area contributed by atoms with E-state index in [2.05, 4.69) is 5.32 Å². The number of nitrogens with two attached hydrogens (primary N) is 1. The zero-order valence-electron chi connectivity index (χ0n) is 19.4. The van der Waals surface area contributed by atoms with Crippen molar-refractivity contribution in [3.8, 4) is 6.07 Å². The summed E-state index contributed by atoms with van der Waals surface area (Å²) in [6.07, 6.45) is 0. The number of Topliss-reactive ketones (excluding diaryl/α,β-unsaturated/α-hetero) is 1. The summed E-state index contributed by atoms with van der Waals surface area (Å²) in [5.41, 5.74) is 6.82. The molecule has 8 nitrogen and oxygen atoms in total. The molecule has 11 heteroatoms. The van der Waals surface area contributed by atoms with Crippen LogP contribution in [0.15, 0.2) is 89.0 Å². The second-order valence-corrected chi connectivity index (χ2v) is 10.8. The molecule has 0 radical (unpaired) electrons. The van der Waals surface area contributed by atoms with Crippen molar-refractivity contribution in [1.29, 1.82) is 5.26 Å². The number of carbonyl (C=O) groups excluding carboxylic acids is 2. The van der Waals surface area contributed by atoms with Crippen LogP contribution in [0.5, 0.6) is 0 Å². The van der Waals surface area contributed by atoms with Crippen LogP contribution in [0.1, 0.15) is 28.9 Å². The van der Waals surface area contributed by atoms with Crippen LogP contribution in [0.4, 0.5) is 5.69 Å². The van der Waals surface area contributed by atoms with Gasteiger partial charge in [0.2, 0.25) is 15.9 Å². The van der Waals surface area contributed by atoms with Gasteiger partial charge in [0.15, 0.2) is 5.78 Å². The molecule has 0 saturated carbocycles. The zero-order valence-corrected chi connectivity index (χ0v) is 21.7. The first-order chi connectivity index (χ1) is 17.6. The lowest BCUT2D eigenvalue weighted by Gasteiger charge is -2.30. The molecule has 3 aromatic carbocycles. The van der Waals surface area contributed by atoms with E-state index in [1.807, 2.05) is 6.07 Å². The fraction of sp³-hybridized carbons (Fsp3) is 0.115. The number of benzene rings is 3. The Labute approximate surface area is 224 Å². The summed E-state index contributed by atoms with van der Waals surface area (Å²) in [6, 6.07) is 17.2. The lowest BCUT2D eigenvalue weighted by atomic mass is 10.00. The highest BCUT2D eigenvalue weighted by Gasteiger charge is 2.51. The summed E-state index contributed by atoms with van der Waals surface area (Å²) in [7, 11) is -4.46. The molecule has 1 amide bonds. The first-order valence-corrected chi connectivity index (χ1v) is 13.1. The summed E-state index contributed by atoms with van der Waals surface area (Å²) in [4.78, 5) is 24.9. The predicted molar refractivity (Wildman–Crippen MR) is 140 cm³/mol. The molecule has 0 bridgehead atoms. The SMILES string of the molecule is CC(=O)Nc1ccc(S(=O)(=O)N2[C@@H](C(=O)c3ccccc3)C(N)=C(C#N)[C@@H]2c2cccc(Cl)c2Cl)cc1. The molecule has 1 aliphatic rings. The second kappa shape index (κ2) is 10.4. The van der Waals surface area contributed by atoms with Gasteiger partial charge < -0.3 is 11.1 Å². The van der Waals surface area contributed by atoms with E-state index in [0.29, 0.717) is 5.69 Å². The van der Waals surface area contributed by atoms with Gasteiger partial charge in [-0.2, -0.15) is 9.57 Å². The number of carbonyl (C=O) groups is 2. The molecule has 0 fully saturated rings. The number of ketones is 1. The Hall–Kier alpha value is -3.68. The Morgan fingerprint density at radius 1 is 1.00 bits per heavy atom. The number of hydrogen-bond donors (Lipinski definition) is 2. The lowest BCUT2D eigenvalue weighted by molar-refractivity contribution is -0.114. The standard InChI is InChI=1S/C26H20Cl2N4O4S/c1-15(33)31-17-10-12-18(13-11-17)37(35,36)32-24(19-8-5-9-21(27)22(19)28)20(14-29)23(30)25(32)26(34)16-6-3-2-4-7-16/h2-13,24-25H,30H2,1H3,(H,31,33)/t24-,25+/m0/s1. The minimum atomic E-state index is -4.46. The van der Waals surface area contributed by atoms with E-state index < -0.39 is 27.9 Å². The maximum Gasteiger partial charge on any atom is 0.245 e. The maximum absolute atomic E-state index is 14.1. The van der Waals surface area contributed by atoms with Crippen molar-refractivity contribution in [3.63, 3.8) is 0 Å². The van der Waals surface area contributed by atoms with E-state index in [0.717, 1.165) is 4.31 Å². The highest BCUT2D eigenvalue weighted by Crippen LogP contribution is 2.46. The molecule has 2 atom stereocenters. The van der Waals surface area contributed by atoms with Gasteiger partial charge in [-0.15, -0.1) is 0 Å². The van der Waals surface area contributed by atoms with Gasteiger partial charge in [-0.3, -0.25) is 9.59 Å². The molecular weight excluding hydrogens is 535 g/mol. The summed E-state index contributed by atoms with van der Waals surface area (Å²) >= 11 is 12.7. The number of amides is 1. The van der Waals surface area contributed by atoms with Gasteiger partial charge in [-0.1, -0.05) is 65.7 Å². The summed E-state index contributed by atoms with van der Waals surface area (Å²) < 4.78 is 29.1. The van der Waals surface area contributed by atoms with Gasteiger partial charge in [0.05, 0.1) is 38.3 Å². The van der Waals surface area contributed by atoms with Crippen LogP contribution < -0.4 is 11.1 Å². The summed E-state index contributed by atoms with van der Waals surface area (Å²) in [5, 5.41) is 12.8. The van der Waals surface area contributed by atoms with Gasteiger partial charge in [-0.05, 0) is 35.9 Å².